The molecule has 1 aliphatic heterocycles. The zero-order valence-corrected chi connectivity index (χ0v) is 18.3. The van der Waals surface area contributed by atoms with Crippen molar-refractivity contribution in [3.63, 3.8) is 0 Å². The topological polar surface area (TPSA) is 142 Å². The van der Waals surface area contributed by atoms with E-state index in [9.17, 15) is 26.9 Å². The maximum atomic E-state index is 12.4. The molecule has 164 valence electrons. The quantitative estimate of drug-likeness (QED) is 0.404. The average Bonchev–Trinajstić information content (AvgIpc) is 2.61. The lowest BCUT2D eigenvalue weighted by Crippen LogP contribution is -2.41. The van der Waals surface area contributed by atoms with Gasteiger partial charge in [0.05, 0.1) is 16.1 Å². The first kappa shape index (κ1) is 23.5. The molecule has 0 bridgehead atoms. The second-order valence-corrected chi connectivity index (χ2v) is 11.0. The molecule has 1 fully saturated rings. The maximum absolute atomic E-state index is 12.4. The molecule has 0 atom stereocenters. The van der Waals surface area contributed by atoms with E-state index in [1.165, 1.54) is 16.4 Å². The lowest BCUT2D eigenvalue weighted by molar-refractivity contribution is -0.384. The van der Waals surface area contributed by atoms with Gasteiger partial charge in [0.1, 0.15) is 5.69 Å². The third-order valence-corrected chi connectivity index (χ3v) is 7.37. The Morgan fingerprint density at radius 2 is 1.83 bits per heavy atom. The first-order valence-electron chi connectivity index (χ1n) is 9.04. The molecule has 13 heteroatoms. The van der Waals surface area contributed by atoms with E-state index in [-0.39, 0.29) is 28.9 Å². The van der Waals surface area contributed by atoms with Crippen molar-refractivity contribution in [3.8, 4) is 0 Å². The smallest absolute Gasteiger partial charge is 0.293 e. The van der Waals surface area contributed by atoms with Gasteiger partial charge in [-0.3, -0.25) is 10.1 Å². The van der Waals surface area contributed by atoms with Gasteiger partial charge in [-0.05, 0) is 39.1 Å². The summed E-state index contributed by atoms with van der Waals surface area (Å²) in [4.78, 5) is 12.5. The summed E-state index contributed by atoms with van der Waals surface area (Å²) in [6, 6.07) is 3.58. The molecule has 0 aromatic heterocycles. The molecule has 1 saturated heterocycles. The van der Waals surface area contributed by atoms with Crippen LogP contribution in [0.3, 0.4) is 0 Å². The minimum absolute atomic E-state index is 0.146. The van der Waals surface area contributed by atoms with Crippen LogP contribution in [0.2, 0.25) is 0 Å². The maximum Gasteiger partial charge on any atom is 0.293 e. The SMILES string of the molecule is CN(C)CCNS(=O)(=O)c1ccc(NC2CCN(S(C)(=O)=O)CC2)c([N+](=O)[O-])c1. The summed E-state index contributed by atoms with van der Waals surface area (Å²) in [5, 5.41) is 14.5. The number of nitrogens with one attached hydrogen (secondary N) is 2. The summed E-state index contributed by atoms with van der Waals surface area (Å²) in [7, 11) is -3.51. The van der Waals surface area contributed by atoms with Gasteiger partial charge in [-0.1, -0.05) is 0 Å². The van der Waals surface area contributed by atoms with Crippen LogP contribution in [0.25, 0.3) is 0 Å². The van der Waals surface area contributed by atoms with Crippen LogP contribution in [0.4, 0.5) is 11.4 Å². The fourth-order valence-corrected chi connectivity index (χ4v) is 4.91. The molecule has 1 aromatic rings. The highest BCUT2D eigenvalue weighted by Crippen LogP contribution is 2.29. The van der Waals surface area contributed by atoms with E-state index in [1.807, 2.05) is 4.90 Å². The van der Waals surface area contributed by atoms with E-state index in [1.54, 1.807) is 14.1 Å². The first-order valence-corrected chi connectivity index (χ1v) is 12.4. The zero-order chi connectivity index (χ0) is 21.8. The van der Waals surface area contributed by atoms with E-state index in [4.69, 9.17) is 0 Å². The van der Waals surface area contributed by atoms with Gasteiger partial charge in [-0.2, -0.15) is 0 Å². The Kier molecular flexibility index (Phi) is 7.56. The van der Waals surface area contributed by atoms with Gasteiger partial charge in [0.25, 0.3) is 5.69 Å². The molecule has 0 spiro atoms. The van der Waals surface area contributed by atoms with Crippen molar-refractivity contribution >= 4 is 31.4 Å². The van der Waals surface area contributed by atoms with Gasteiger partial charge in [0, 0.05) is 38.3 Å². The summed E-state index contributed by atoms with van der Waals surface area (Å²) >= 11 is 0. The number of rotatable bonds is 9. The first-order chi connectivity index (χ1) is 13.4. The van der Waals surface area contributed by atoms with Crippen molar-refractivity contribution in [1.82, 2.24) is 13.9 Å². The van der Waals surface area contributed by atoms with E-state index < -0.39 is 25.0 Å². The van der Waals surface area contributed by atoms with Gasteiger partial charge < -0.3 is 10.2 Å². The summed E-state index contributed by atoms with van der Waals surface area (Å²) in [5.41, 5.74) is -0.133. The number of piperidine rings is 1. The standard InChI is InChI=1S/C16H27N5O6S2/c1-19(2)11-8-17-29(26,27)14-4-5-15(16(12-14)21(22)23)18-13-6-9-20(10-7-13)28(3,24)25/h4-5,12-13,17-18H,6-11H2,1-3H3. The number of hydrogen-bond acceptors (Lipinski definition) is 8. The largest absolute Gasteiger partial charge is 0.377 e. The summed E-state index contributed by atoms with van der Waals surface area (Å²) < 4.78 is 51.7. The summed E-state index contributed by atoms with van der Waals surface area (Å²) in [6.07, 6.45) is 2.14. The highest BCUT2D eigenvalue weighted by Gasteiger charge is 2.27. The highest BCUT2D eigenvalue weighted by atomic mass is 32.2. The van der Waals surface area contributed by atoms with Crippen LogP contribution in [0.1, 0.15) is 12.8 Å². The summed E-state index contributed by atoms with van der Waals surface area (Å²) in [5.74, 6) is 0. The van der Waals surface area contributed by atoms with Crippen molar-refractivity contribution in [2.45, 2.75) is 23.8 Å². The number of anilines is 1. The van der Waals surface area contributed by atoms with Gasteiger partial charge in [0.2, 0.25) is 20.0 Å². The van der Waals surface area contributed by atoms with Gasteiger partial charge in [-0.15, -0.1) is 0 Å². The van der Waals surface area contributed by atoms with Crippen LogP contribution in [-0.2, 0) is 20.0 Å². The molecule has 1 aromatic carbocycles. The van der Waals surface area contributed by atoms with Gasteiger partial charge in [-0.25, -0.2) is 25.9 Å². The lowest BCUT2D eigenvalue weighted by Gasteiger charge is -2.31. The number of sulfonamides is 2. The predicted molar refractivity (Wildman–Crippen MR) is 110 cm³/mol. The van der Waals surface area contributed by atoms with E-state index in [2.05, 4.69) is 10.0 Å². The fraction of sp³-hybridized carbons (Fsp3) is 0.625. The molecule has 1 aliphatic rings. The third-order valence-electron chi connectivity index (χ3n) is 4.61. The number of nitro benzene ring substituents is 1. The number of hydrogen-bond donors (Lipinski definition) is 2. The Balaban J connectivity index is 2.13. The highest BCUT2D eigenvalue weighted by molar-refractivity contribution is 7.89. The van der Waals surface area contributed by atoms with Crippen LogP contribution in [0.15, 0.2) is 23.1 Å². The van der Waals surface area contributed by atoms with Crippen LogP contribution < -0.4 is 10.0 Å². The zero-order valence-electron chi connectivity index (χ0n) is 16.7. The van der Waals surface area contributed by atoms with E-state index in [0.717, 1.165) is 12.3 Å². The Hall–Kier alpha value is -1.80. The molecule has 1 heterocycles. The Morgan fingerprint density at radius 3 is 2.34 bits per heavy atom. The molecule has 0 amide bonds. The van der Waals surface area contributed by atoms with Crippen molar-refractivity contribution < 1.29 is 21.8 Å². The third kappa shape index (κ3) is 6.60. The van der Waals surface area contributed by atoms with Crippen molar-refractivity contribution in [1.29, 1.82) is 0 Å². The molecule has 0 aliphatic carbocycles. The second kappa shape index (κ2) is 9.34. The van der Waals surface area contributed by atoms with Crippen LogP contribution in [0, 0.1) is 10.1 Å². The number of nitro groups is 1. The van der Waals surface area contributed by atoms with Crippen LogP contribution >= 0.6 is 0 Å². The molecule has 29 heavy (non-hydrogen) atoms. The van der Waals surface area contributed by atoms with E-state index in [0.29, 0.717) is 32.5 Å². The Bertz CT molecular complexity index is 941. The number of likely N-dealkylation sites (N-methyl/N-ethyl adjacent to an activating group) is 1. The van der Waals surface area contributed by atoms with Crippen molar-refractivity contribution in [2.75, 3.05) is 51.8 Å². The minimum Gasteiger partial charge on any atom is -0.377 e. The Morgan fingerprint density at radius 1 is 1.21 bits per heavy atom. The predicted octanol–water partition coefficient (Wildman–Crippen LogP) is 0.271. The monoisotopic (exact) mass is 449 g/mol. The van der Waals surface area contributed by atoms with Crippen molar-refractivity contribution in [2.24, 2.45) is 0 Å². The van der Waals surface area contributed by atoms with Gasteiger partial charge >= 0.3 is 0 Å². The number of benzene rings is 1. The number of nitrogens with zero attached hydrogens (tertiary/aromatic N) is 3. The van der Waals surface area contributed by atoms with Crippen LogP contribution in [0.5, 0.6) is 0 Å². The molecule has 0 unspecified atom stereocenters. The fourth-order valence-electron chi connectivity index (χ4n) is 2.99. The molecule has 11 nitrogen and oxygen atoms in total. The normalized spacial score (nSPS) is 16.8. The molecular formula is C16H27N5O6S2. The minimum atomic E-state index is -3.87. The van der Waals surface area contributed by atoms with Crippen molar-refractivity contribution in [3.05, 3.63) is 28.3 Å². The van der Waals surface area contributed by atoms with Gasteiger partial charge in [0.15, 0.2) is 0 Å². The van der Waals surface area contributed by atoms with E-state index >= 15 is 0 Å². The Labute approximate surface area is 171 Å². The molecule has 2 rings (SSSR count). The second-order valence-electron chi connectivity index (χ2n) is 7.22. The molecule has 0 radical (unpaired) electrons. The molecular weight excluding hydrogens is 422 g/mol. The molecule has 2 N–H and O–H groups in total. The van der Waals surface area contributed by atoms with Crippen LogP contribution in [-0.4, -0.2) is 83.5 Å². The average molecular weight is 450 g/mol. The molecule has 0 saturated carbocycles. The summed E-state index contributed by atoms with van der Waals surface area (Å²) in [6.45, 7) is 1.33. The lowest BCUT2D eigenvalue weighted by atomic mass is 10.1.